The first kappa shape index (κ1) is 10.4. The van der Waals surface area contributed by atoms with Crippen molar-refractivity contribution in [1.82, 2.24) is 0 Å². The van der Waals surface area contributed by atoms with Crippen molar-refractivity contribution in [2.45, 2.75) is 12.6 Å². The average Bonchev–Trinajstić information content (AvgIpc) is 2.09. The van der Waals surface area contributed by atoms with Crippen LogP contribution in [0, 0.1) is 5.92 Å². The van der Waals surface area contributed by atoms with Crippen LogP contribution in [0.3, 0.4) is 0 Å². The molecule has 2 N–H and O–H groups in total. The van der Waals surface area contributed by atoms with E-state index < -0.39 is 23.5 Å². The van der Waals surface area contributed by atoms with Crippen LogP contribution in [0.2, 0.25) is 0 Å². The molecule has 1 rings (SSSR count). The number of halogens is 1. The van der Waals surface area contributed by atoms with Gasteiger partial charge in [0, 0.05) is 11.5 Å². The molecule has 14 heavy (non-hydrogen) atoms. The smallest absolute Gasteiger partial charge is 0.346 e. The normalized spacial score (nSPS) is 31.0. The summed E-state index contributed by atoms with van der Waals surface area (Å²) in [6, 6.07) is 0. The number of carboxylic acid groups (broad SMARTS) is 2. The van der Waals surface area contributed by atoms with Crippen LogP contribution in [0.1, 0.15) is 6.92 Å². The fraction of sp³-hybridized carbons (Fsp3) is 0.333. The standard InChI is InChI=1S/C9H9FO4/c1-5-6(7(11)12)3-2-4-9(5,10)8(13)14/h2-5H,1H3,(H,11,12)(H,13,14). The topological polar surface area (TPSA) is 74.6 Å². The zero-order chi connectivity index (χ0) is 10.9. The van der Waals surface area contributed by atoms with Crippen molar-refractivity contribution >= 4 is 11.9 Å². The van der Waals surface area contributed by atoms with Crippen LogP contribution in [0.15, 0.2) is 23.8 Å². The Bertz CT molecular complexity index is 345. The average molecular weight is 200 g/mol. The van der Waals surface area contributed by atoms with Crippen LogP contribution >= 0.6 is 0 Å². The predicted molar refractivity (Wildman–Crippen MR) is 45.5 cm³/mol. The molecule has 0 bridgehead atoms. The molecule has 0 aromatic heterocycles. The Kier molecular flexibility index (Phi) is 2.42. The molecule has 0 saturated carbocycles. The second-order valence-corrected chi connectivity index (χ2v) is 3.08. The number of hydrogen-bond donors (Lipinski definition) is 2. The van der Waals surface area contributed by atoms with Crippen molar-refractivity contribution in [3.05, 3.63) is 23.8 Å². The van der Waals surface area contributed by atoms with Crippen molar-refractivity contribution in [2.75, 3.05) is 0 Å². The van der Waals surface area contributed by atoms with E-state index in [4.69, 9.17) is 10.2 Å². The number of aliphatic carboxylic acids is 2. The van der Waals surface area contributed by atoms with Crippen LogP contribution in [-0.2, 0) is 9.59 Å². The number of carboxylic acids is 2. The monoisotopic (exact) mass is 200 g/mol. The molecule has 0 fully saturated rings. The van der Waals surface area contributed by atoms with Crippen molar-refractivity contribution in [2.24, 2.45) is 5.92 Å². The summed E-state index contributed by atoms with van der Waals surface area (Å²) in [6.45, 7) is 1.23. The second-order valence-electron chi connectivity index (χ2n) is 3.08. The molecule has 0 saturated heterocycles. The zero-order valence-electron chi connectivity index (χ0n) is 7.40. The summed E-state index contributed by atoms with van der Waals surface area (Å²) in [4.78, 5) is 21.2. The van der Waals surface area contributed by atoms with E-state index >= 15 is 0 Å². The van der Waals surface area contributed by atoms with Gasteiger partial charge in [0.1, 0.15) is 0 Å². The van der Waals surface area contributed by atoms with E-state index in [0.29, 0.717) is 0 Å². The fourth-order valence-electron chi connectivity index (χ4n) is 1.32. The van der Waals surface area contributed by atoms with Gasteiger partial charge < -0.3 is 10.2 Å². The minimum atomic E-state index is -2.62. The summed E-state index contributed by atoms with van der Waals surface area (Å²) < 4.78 is 13.7. The van der Waals surface area contributed by atoms with E-state index in [-0.39, 0.29) is 5.57 Å². The lowest BCUT2D eigenvalue weighted by Crippen LogP contribution is -2.41. The molecule has 0 heterocycles. The molecule has 2 unspecified atom stereocenters. The number of rotatable bonds is 2. The van der Waals surface area contributed by atoms with Gasteiger partial charge in [-0.1, -0.05) is 19.1 Å². The Balaban J connectivity index is 3.11. The highest BCUT2D eigenvalue weighted by Gasteiger charge is 2.46. The highest BCUT2D eigenvalue weighted by molar-refractivity contribution is 5.92. The second kappa shape index (κ2) is 3.25. The predicted octanol–water partition coefficient (Wildman–Crippen LogP) is 0.996. The molecular formula is C9H9FO4. The van der Waals surface area contributed by atoms with Gasteiger partial charge >= 0.3 is 11.9 Å². The Morgan fingerprint density at radius 1 is 1.50 bits per heavy atom. The third-order valence-corrected chi connectivity index (χ3v) is 2.29. The zero-order valence-corrected chi connectivity index (χ0v) is 7.40. The molecule has 0 spiro atoms. The fourth-order valence-corrected chi connectivity index (χ4v) is 1.32. The minimum absolute atomic E-state index is 0.239. The molecule has 0 radical (unpaired) electrons. The lowest BCUT2D eigenvalue weighted by Gasteiger charge is -2.26. The summed E-state index contributed by atoms with van der Waals surface area (Å²) in [5.41, 5.74) is -2.86. The van der Waals surface area contributed by atoms with Gasteiger partial charge in [0.25, 0.3) is 0 Å². The van der Waals surface area contributed by atoms with Gasteiger partial charge in [-0.3, -0.25) is 0 Å². The molecule has 0 aromatic rings. The molecule has 4 nitrogen and oxygen atoms in total. The van der Waals surface area contributed by atoms with Crippen molar-refractivity contribution in [1.29, 1.82) is 0 Å². The maximum absolute atomic E-state index is 13.7. The number of alkyl halides is 1. The van der Waals surface area contributed by atoms with Crippen LogP contribution in [-0.4, -0.2) is 27.8 Å². The van der Waals surface area contributed by atoms with E-state index in [2.05, 4.69) is 0 Å². The van der Waals surface area contributed by atoms with Crippen LogP contribution in [0.25, 0.3) is 0 Å². The molecule has 0 amide bonds. The van der Waals surface area contributed by atoms with E-state index in [1.165, 1.54) is 13.0 Å². The van der Waals surface area contributed by atoms with E-state index in [0.717, 1.165) is 12.2 Å². The lowest BCUT2D eigenvalue weighted by molar-refractivity contribution is -0.150. The quantitative estimate of drug-likeness (QED) is 0.697. The first-order chi connectivity index (χ1) is 6.39. The van der Waals surface area contributed by atoms with Crippen LogP contribution in [0.5, 0.6) is 0 Å². The van der Waals surface area contributed by atoms with E-state index in [9.17, 15) is 14.0 Å². The summed E-state index contributed by atoms with van der Waals surface area (Å²) >= 11 is 0. The third-order valence-electron chi connectivity index (χ3n) is 2.29. The van der Waals surface area contributed by atoms with Crippen molar-refractivity contribution < 1.29 is 24.2 Å². The molecule has 1 aliphatic carbocycles. The Morgan fingerprint density at radius 3 is 2.50 bits per heavy atom. The van der Waals surface area contributed by atoms with Gasteiger partial charge in [-0.25, -0.2) is 14.0 Å². The van der Waals surface area contributed by atoms with E-state index in [1.54, 1.807) is 0 Å². The first-order valence-electron chi connectivity index (χ1n) is 3.94. The molecular weight excluding hydrogens is 191 g/mol. The maximum atomic E-state index is 13.7. The lowest BCUT2D eigenvalue weighted by atomic mass is 9.81. The van der Waals surface area contributed by atoms with Gasteiger partial charge in [-0.15, -0.1) is 0 Å². The molecule has 2 atom stereocenters. The van der Waals surface area contributed by atoms with Crippen molar-refractivity contribution in [3.8, 4) is 0 Å². The summed E-state index contributed by atoms with van der Waals surface area (Å²) in [6.07, 6.45) is 3.16. The minimum Gasteiger partial charge on any atom is -0.479 e. The van der Waals surface area contributed by atoms with Crippen LogP contribution < -0.4 is 0 Å². The van der Waals surface area contributed by atoms with Gasteiger partial charge in [-0.2, -0.15) is 0 Å². The SMILES string of the molecule is CC1C(C(=O)O)=CC=CC1(F)C(=O)O. The van der Waals surface area contributed by atoms with Gasteiger partial charge in [0.05, 0.1) is 0 Å². The summed E-state index contributed by atoms with van der Waals surface area (Å²) in [7, 11) is 0. The Hall–Kier alpha value is -1.65. The summed E-state index contributed by atoms with van der Waals surface area (Å²) in [5, 5.41) is 17.3. The molecule has 5 heteroatoms. The highest BCUT2D eigenvalue weighted by atomic mass is 19.1. The molecule has 0 aliphatic heterocycles. The van der Waals surface area contributed by atoms with Crippen molar-refractivity contribution in [3.63, 3.8) is 0 Å². The molecule has 76 valence electrons. The van der Waals surface area contributed by atoms with Gasteiger partial charge in [0.15, 0.2) is 0 Å². The number of carbonyl (C=O) groups is 2. The summed E-state index contributed by atoms with van der Waals surface area (Å²) in [5.74, 6) is -4.17. The number of hydrogen-bond acceptors (Lipinski definition) is 2. The van der Waals surface area contributed by atoms with Crippen LogP contribution in [0.4, 0.5) is 4.39 Å². The molecule has 1 aliphatic rings. The first-order valence-corrected chi connectivity index (χ1v) is 3.94. The largest absolute Gasteiger partial charge is 0.479 e. The number of allylic oxidation sites excluding steroid dienone is 2. The Morgan fingerprint density at radius 2 is 2.07 bits per heavy atom. The third kappa shape index (κ3) is 1.41. The Labute approximate surface area is 79.4 Å². The maximum Gasteiger partial charge on any atom is 0.346 e. The highest BCUT2D eigenvalue weighted by Crippen LogP contribution is 2.33. The van der Waals surface area contributed by atoms with Gasteiger partial charge in [0.2, 0.25) is 5.67 Å². The van der Waals surface area contributed by atoms with E-state index in [1.807, 2.05) is 0 Å². The molecule has 0 aromatic carbocycles. The van der Waals surface area contributed by atoms with Gasteiger partial charge in [-0.05, 0) is 6.08 Å².